The summed E-state index contributed by atoms with van der Waals surface area (Å²) in [5.74, 6) is -1.24. The van der Waals surface area contributed by atoms with Crippen LogP contribution in [0.1, 0.15) is 22.2 Å². The van der Waals surface area contributed by atoms with Crippen LogP contribution in [0.25, 0.3) is 11.1 Å². The number of nitrogens with zero attached hydrogens (tertiary/aromatic N) is 2. The predicted octanol–water partition coefficient (Wildman–Crippen LogP) is 3.98. The Hall–Kier alpha value is -2.84. The van der Waals surface area contributed by atoms with Crippen LogP contribution in [0.3, 0.4) is 0 Å². The van der Waals surface area contributed by atoms with Gasteiger partial charge in [-0.3, -0.25) is 4.79 Å². The third-order valence-electron chi connectivity index (χ3n) is 3.38. The maximum absolute atomic E-state index is 12.7. The molecule has 0 fully saturated rings. The van der Waals surface area contributed by atoms with Gasteiger partial charge in [0.1, 0.15) is 11.3 Å². The van der Waals surface area contributed by atoms with Gasteiger partial charge in [0.15, 0.2) is 17.3 Å². The van der Waals surface area contributed by atoms with Crippen LogP contribution < -0.4 is 4.74 Å². The van der Waals surface area contributed by atoms with Gasteiger partial charge < -0.3 is 9.15 Å². The van der Waals surface area contributed by atoms with Crippen LogP contribution in [0.15, 0.2) is 46.9 Å². The molecule has 114 valence electrons. The molecule has 3 aromatic rings. The fraction of sp³-hybridized carbons (Fsp3) is 0.118. The highest BCUT2D eigenvalue weighted by Crippen LogP contribution is 2.29. The van der Waals surface area contributed by atoms with Crippen LogP contribution in [0.5, 0.6) is 5.75 Å². The Morgan fingerprint density at radius 1 is 1.35 bits per heavy atom. The summed E-state index contributed by atoms with van der Waals surface area (Å²) in [6.07, 6.45) is 0. The van der Waals surface area contributed by atoms with E-state index in [1.807, 2.05) is 6.07 Å². The molecule has 2 aromatic carbocycles. The Morgan fingerprint density at radius 3 is 2.83 bits per heavy atom. The van der Waals surface area contributed by atoms with E-state index >= 15 is 0 Å². The van der Waals surface area contributed by atoms with Gasteiger partial charge in [0.25, 0.3) is 0 Å². The Labute approximate surface area is 137 Å². The van der Waals surface area contributed by atoms with Gasteiger partial charge in [-0.1, -0.05) is 23.7 Å². The SMILES string of the molecule is COc1cc(Cl)ccc1C(=O)[C@H](C#N)c1nc2ccccc2o1. The van der Waals surface area contributed by atoms with Crippen molar-refractivity contribution in [2.75, 3.05) is 7.11 Å². The molecule has 1 aromatic heterocycles. The Balaban J connectivity index is 2.04. The summed E-state index contributed by atoms with van der Waals surface area (Å²) in [6.45, 7) is 0. The number of aromatic nitrogens is 1. The quantitative estimate of drug-likeness (QED) is 0.678. The van der Waals surface area contributed by atoms with Crippen LogP contribution in [-0.2, 0) is 0 Å². The molecule has 6 heteroatoms. The minimum Gasteiger partial charge on any atom is -0.496 e. The average Bonchev–Trinajstić information content (AvgIpc) is 2.98. The summed E-state index contributed by atoms with van der Waals surface area (Å²) >= 11 is 5.90. The number of hydrogen-bond acceptors (Lipinski definition) is 5. The van der Waals surface area contributed by atoms with Gasteiger partial charge in [0.05, 0.1) is 18.7 Å². The summed E-state index contributed by atoms with van der Waals surface area (Å²) in [7, 11) is 1.43. The first-order valence-electron chi connectivity index (χ1n) is 6.77. The molecule has 1 atom stereocenters. The van der Waals surface area contributed by atoms with Crippen LogP contribution in [0.4, 0.5) is 0 Å². The number of carbonyl (C=O) groups is 1. The number of rotatable bonds is 4. The van der Waals surface area contributed by atoms with E-state index in [0.29, 0.717) is 21.9 Å². The second-order valence-electron chi connectivity index (χ2n) is 4.79. The highest BCUT2D eigenvalue weighted by Gasteiger charge is 2.29. The van der Waals surface area contributed by atoms with Crippen LogP contribution >= 0.6 is 11.6 Å². The highest BCUT2D eigenvalue weighted by molar-refractivity contribution is 6.31. The number of hydrogen-bond donors (Lipinski definition) is 0. The van der Waals surface area contributed by atoms with Gasteiger partial charge >= 0.3 is 0 Å². The number of ketones is 1. The van der Waals surface area contributed by atoms with E-state index in [9.17, 15) is 10.1 Å². The largest absolute Gasteiger partial charge is 0.496 e. The smallest absolute Gasteiger partial charge is 0.220 e. The zero-order chi connectivity index (χ0) is 16.4. The van der Waals surface area contributed by atoms with E-state index in [2.05, 4.69) is 4.98 Å². The number of Topliss-reactive ketones (excluding diaryl/α,β-unsaturated/α-hetero) is 1. The molecule has 0 saturated carbocycles. The van der Waals surface area contributed by atoms with Gasteiger partial charge in [-0.15, -0.1) is 0 Å². The van der Waals surface area contributed by atoms with Crippen molar-refractivity contribution in [2.24, 2.45) is 0 Å². The van der Waals surface area contributed by atoms with E-state index in [0.717, 1.165) is 0 Å². The molecule has 5 nitrogen and oxygen atoms in total. The van der Waals surface area contributed by atoms with Crippen molar-refractivity contribution in [3.05, 3.63) is 58.9 Å². The third-order valence-corrected chi connectivity index (χ3v) is 3.61. The molecule has 0 radical (unpaired) electrons. The van der Waals surface area contributed by atoms with Crippen molar-refractivity contribution < 1.29 is 13.9 Å². The van der Waals surface area contributed by atoms with E-state index < -0.39 is 11.7 Å². The predicted molar refractivity (Wildman–Crippen MR) is 84.7 cm³/mol. The zero-order valence-corrected chi connectivity index (χ0v) is 12.9. The molecule has 0 amide bonds. The van der Waals surface area contributed by atoms with E-state index in [1.165, 1.54) is 19.2 Å². The lowest BCUT2D eigenvalue weighted by Crippen LogP contribution is -2.12. The normalized spacial score (nSPS) is 11.9. The molecule has 0 aliphatic heterocycles. The molecule has 0 aliphatic rings. The van der Waals surface area contributed by atoms with Crippen LogP contribution in [0, 0.1) is 11.3 Å². The molecule has 0 bridgehead atoms. The summed E-state index contributed by atoms with van der Waals surface area (Å²) in [5.41, 5.74) is 1.38. The maximum atomic E-state index is 12.7. The van der Waals surface area contributed by atoms with Gasteiger partial charge in [-0.2, -0.15) is 5.26 Å². The third kappa shape index (κ3) is 2.77. The van der Waals surface area contributed by atoms with Crippen molar-refractivity contribution >= 4 is 28.5 Å². The molecule has 0 saturated heterocycles. The second-order valence-corrected chi connectivity index (χ2v) is 5.23. The molecule has 3 rings (SSSR count). The summed E-state index contributed by atoms with van der Waals surface area (Å²) in [4.78, 5) is 16.9. The van der Waals surface area contributed by atoms with Gasteiger partial charge in [-0.05, 0) is 30.3 Å². The van der Waals surface area contributed by atoms with Crippen LogP contribution in [0.2, 0.25) is 5.02 Å². The van der Waals surface area contributed by atoms with Crippen molar-refractivity contribution in [1.82, 2.24) is 4.98 Å². The number of methoxy groups -OCH3 is 1. The van der Waals surface area contributed by atoms with E-state index in [1.54, 1.807) is 30.3 Å². The molecule has 0 aliphatic carbocycles. The van der Waals surface area contributed by atoms with Crippen molar-refractivity contribution in [3.8, 4) is 11.8 Å². The number of ether oxygens (including phenoxy) is 1. The number of carbonyl (C=O) groups excluding carboxylic acids is 1. The Bertz CT molecular complexity index is 894. The maximum Gasteiger partial charge on any atom is 0.220 e. The lowest BCUT2D eigenvalue weighted by atomic mass is 9.98. The molecule has 0 unspecified atom stereocenters. The summed E-state index contributed by atoms with van der Waals surface area (Å²) < 4.78 is 10.7. The summed E-state index contributed by atoms with van der Waals surface area (Å²) in [6, 6.07) is 13.6. The molecule has 0 spiro atoms. The fourth-order valence-corrected chi connectivity index (χ4v) is 2.43. The van der Waals surface area contributed by atoms with Gasteiger partial charge in [0.2, 0.25) is 5.89 Å². The summed E-state index contributed by atoms with van der Waals surface area (Å²) in [5, 5.41) is 9.86. The Morgan fingerprint density at radius 2 is 2.13 bits per heavy atom. The second kappa shape index (κ2) is 6.11. The molecule has 0 N–H and O–H groups in total. The molecular weight excluding hydrogens is 316 g/mol. The van der Waals surface area contributed by atoms with Crippen molar-refractivity contribution in [1.29, 1.82) is 5.26 Å². The van der Waals surface area contributed by atoms with E-state index in [4.69, 9.17) is 20.8 Å². The van der Waals surface area contributed by atoms with Gasteiger partial charge in [0, 0.05) is 5.02 Å². The average molecular weight is 327 g/mol. The number of fused-ring (bicyclic) bond motifs is 1. The number of halogens is 1. The monoisotopic (exact) mass is 326 g/mol. The lowest BCUT2D eigenvalue weighted by Gasteiger charge is -2.09. The molecule has 1 heterocycles. The number of oxazole rings is 1. The lowest BCUT2D eigenvalue weighted by molar-refractivity contribution is 0.0967. The fourth-order valence-electron chi connectivity index (χ4n) is 2.26. The van der Waals surface area contributed by atoms with Crippen molar-refractivity contribution in [3.63, 3.8) is 0 Å². The standard InChI is InChI=1S/C17H11ClN2O3/c1-22-15-8-10(18)6-7-11(15)16(21)12(9-19)17-20-13-4-2-3-5-14(13)23-17/h2-8,12H,1H3/t12-/m0/s1. The van der Waals surface area contributed by atoms with E-state index in [-0.39, 0.29) is 11.5 Å². The molecular formula is C17H11ClN2O3. The first kappa shape index (κ1) is 15.1. The number of para-hydroxylation sites is 2. The van der Waals surface area contributed by atoms with Gasteiger partial charge in [-0.25, -0.2) is 4.98 Å². The first-order valence-corrected chi connectivity index (χ1v) is 7.14. The van der Waals surface area contributed by atoms with Crippen LogP contribution in [-0.4, -0.2) is 17.9 Å². The van der Waals surface area contributed by atoms with Crippen molar-refractivity contribution in [2.45, 2.75) is 5.92 Å². The first-order chi connectivity index (χ1) is 11.1. The minimum absolute atomic E-state index is 0.0655. The Kier molecular flexibility index (Phi) is 4.00. The highest BCUT2D eigenvalue weighted by atomic mass is 35.5. The number of benzene rings is 2. The number of nitriles is 1. The molecule has 23 heavy (non-hydrogen) atoms. The zero-order valence-electron chi connectivity index (χ0n) is 12.1. The topological polar surface area (TPSA) is 76.1 Å². The minimum atomic E-state index is -1.16.